The van der Waals surface area contributed by atoms with Crippen molar-refractivity contribution in [2.75, 3.05) is 23.3 Å². The lowest BCUT2D eigenvalue weighted by molar-refractivity contribution is 0.129. The van der Waals surface area contributed by atoms with E-state index in [2.05, 4.69) is 0 Å². The van der Waals surface area contributed by atoms with Gasteiger partial charge in [-0.3, -0.25) is 9.68 Å². The van der Waals surface area contributed by atoms with Gasteiger partial charge in [0.05, 0.1) is 24.6 Å². The minimum Gasteiger partial charge on any atom is -0.267 e. The number of hydrogen-bond donors (Lipinski definition) is 0. The summed E-state index contributed by atoms with van der Waals surface area (Å²) < 4.78 is 0. The highest BCUT2D eigenvalue weighted by Gasteiger charge is 2.21. The van der Waals surface area contributed by atoms with Crippen LogP contribution in [0.3, 0.4) is 0 Å². The van der Waals surface area contributed by atoms with Gasteiger partial charge in [-0.15, -0.1) is 0 Å². The Labute approximate surface area is 136 Å². The van der Waals surface area contributed by atoms with E-state index in [0.717, 1.165) is 11.4 Å². The molecule has 2 aromatic carbocycles. The highest BCUT2D eigenvalue weighted by molar-refractivity contribution is 7.80. The van der Waals surface area contributed by atoms with Gasteiger partial charge in [-0.2, -0.15) is 10.1 Å². The second-order valence-corrected chi connectivity index (χ2v) is 4.74. The lowest BCUT2D eigenvalue weighted by atomic mass is 10.3. The number of hydroxylamine groups is 2. The molecule has 0 atom stereocenters. The van der Waals surface area contributed by atoms with Crippen LogP contribution in [-0.4, -0.2) is 18.3 Å². The number of nitrogens with zero attached hydrogens (tertiary/aromatic N) is 2. The molecule has 0 bridgehead atoms. The van der Waals surface area contributed by atoms with Crippen molar-refractivity contribution < 1.29 is 9.68 Å². The molecule has 2 rings (SSSR count). The molecule has 0 heterocycles. The molecule has 2 aromatic rings. The van der Waals surface area contributed by atoms with Crippen LogP contribution in [0.2, 0.25) is 0 Å². The van der Waals surface area contributed by atoms with Crippen molar-refractivity contribution in [3.05, 3.63) is 60.7 Å². The van der Waals surface area contributed by atoms with Gasteiger partial charge in [0.15, 0.2) is 0 Å². The van der Waals surface area contributed by atoms with Crippen LogP contribution >= 0.6 is 12.2 Å². The summed E-state index contributed by atoms with van der Waals surface area (Å²) in [5, 5.41) is 3.65. The van der Waals surface area contributed by atoms with Crippen molar-refractivity contribution in [2.24, 2.45) is 0 Å². The number of anilines is 2. The van der Waals surface area contributed by atoms with Crippen LogP contribution in [0.25, 0.3) is 0 Å². The van der Waals surface area contributed by atoms with Crippen molar-refractivity contribution in [1.82, 2.24) is 0 Å². The first-order valence-corrected chi connectivity index (χ1v) is 7.68. The van der Waals surface area contributed by atoms with Gasteiger partial charge < -0.3 is 0 Å². The Morgan fingerprint density at radius 3 is 1.45 bits per heavy atom. The number of rotatable bonds is 6. The second kappa shape index (κ2) is 8.48. The number of para-hydroxylation sites is 2. The zero-order valence-electron chi connectivity index (χ0n) is 12.8. The topological polar surface area (TPSA) is 24.9 Å². The fourth-order valence-electron chi connectivity index (χ4n) is 1.95. The molecule has 0 saturated carbocycles. The van der Waals surface area contributed by atoms with Crippen LogP contribution in [0, 0.1) is 0 Å². The van der Waals surface area contributed by atoms with Gasteiger partial charge in [0.2, 0.25) is 5.11 Å². The largest absolute Gasteiger partial charge is 0.267 e. The van der Waals surface area contributed by atoms with E-state index in [0.29, 0.717) is 18.3 Å². The molecule has 0 unspecified atom stereocenters. The second-order valence-electron chi connectivity index (χ2n) is 4.38. The van der Waals surface area contributed by atoms with Gasteiger partial charge >= 0.3 is 0 Å². The molecule has 22 heavy (non-hydrogen) atoms. The maximum absolute atomic E-state index is 5.71. The standard InChI is InChI=1S/C17H20N2O2S/c1-3-20-18(15-11-7-5-8-12-15)17(22)19(21-4-2)16-13-9-6-10-14-16/h5-14H,3-4H2,1-2H3. The molecule has 0 fully saturated rings. The third kappa shape index (κ3) is 4.04. The summed E-state index contributed by atoms with van der Waals surface area (Å²) in [5.41, 5.74) is 1.71. The van der Waals surface area contributed by atoms with Crippen molar-refractivity contribution in [2.45, 2.75) is 13.8 Å². The fourth-order valence-corrected chi connectivity index (χ4v) is 2.26. The molecule has 0 amide bonds. The average Bonchev–Trinajstić information content (AvgIpc) is 2.58. The van der Waals surface area contributed by atoms with Crippen LogP contribution < -0.4 is 10.1 Å². The highest BCUT2D eigenvalue weighted by atomic mass is 32.1. The predicted molar refractivity (Wildman–Crippen MR) is 93.7 cm³/mol. The normalized spacial score (nSPS) is 10.3. The quantitative estimate of drug-likeness (QED) is 0.588. The summed E-state index contributed by atoms with van der Waals surface area (Å²) in [4.78, 5) is 11.4. The van der Waals surface area contributed by atoms with Crippen LogP contribution in [0.1, 0.15) is 13.8 Å². The van der Waals surface area contributed by atoms with Crippen molar-refractivity contribution in [1.29, 1.82) is 0 Å². The Morgan fingerprint density at radius 1 is 0.773 bits per heavy atom. The van der Waals surface area contributed by atoms with Gasteiger partial charge in [0, 0.05) is 0 Å². The van der Waals surface area contributed by atoms with Gasteiger partial charge in [-0.25, -0.2) is 0 Å². The van der Waals surface area contributed by atoms with Gasteiger partial charge in [0.1, 0.15) is 0 Å². The molecule has 4 nitrogen and oxygen atoms in total. The molecule has 0 aliphatic rings. The van der Waals surface area contributed by atoms with Crippen LogP contribution in [0.5, 0.6) is 0 Å². The molecule has 0 spiro atoms. The summed E-state index contributed by atoms with van der Waals surface area (Å²) in [6, 6.07) is 19.4. The van der Waals surface area contributed by atoms with E-state index in [1.54, 1.807) is 10.1 Å². The van der Waals surface area contributed by atoms with Gasteiger partial charge in [-0.1, -0.05) is 36.4 Å². The summed E-state index contributed by atoms with van der Waals surface area (Å²) in [6.07, 6.45) is 0. The molecular weight excluding hydrogens is 296 g/mol. The van der Waals surface area contributed by atoms with Gasteiger partial charge in [-0.05, 0) is 50.3 Å². The molecule has 0 aromatic heterocycles. The third-order valence-electron chi connectivity index (χ3n) is 2.85. The smallest absolute Gasteiger partial charge is 0.229 e. The van der Waals surface area contributed by atoms with E-state index < -0.39 is 0 Å². The molecule has 5 heteroatoms. The SMILES string of the molecule is CCON(C(=S)N(OCC)c1ccccc1)c1ccccc1. The first kappa shape index (κ1) is 16.4. The van der Waals surface area contributed by atoms with Gasteiger partial charge in [0.25, 0.3) is 0 Å². The first-order chi connectivity index (χ1) is 10.8. The zero-order chi connectivity index (χ0) is 15.8. The van der Waals surface area contributed by atoms with E-state index >= 15 is 0 Å². The number of benzene rings is 2. The summed E-state index contributed by atoms with van der Waals surface area (Å²) >= 11 is 5.59. The first-order valence-electron chi connectivity index (χ1n) is 7.28. The minimum atomic E-state index is 0.432. The number of hydrogen-bond acceptors (Lipinski definition) is 3. The van der Waals surface area contributed by atoms with E-state index in [9.17, 15) is 0 Å². The predicted octanol–water partition coefficient (Wildman–Crippen LogP) is 4.19. The minimum absolute atomic E-state index is 0.432. The molecule has 0 N–H and O–H groups in total. The summed E-state index contributed by atoms with van der Waals surface area (Å²) in [6.45, 7) is 4.85. The molecule has 0 saturated heterocycles. The van der Waals surface area contributed by atoms with E-state index in [-0.39, 0.29) is 0 Å². The average molecular weight is 316 g/mol. The maximum atomic E-state index is 5.71. The Bertz CT molecular complexity index is 526. The zero-order valence-corrected chi connectivity index (χ0v) is 13.6. The van der Waals surface area contributed by atoms with E-state index in [4.69, 9.17) is 21.9 Å². The monoisotopic (exact) mass is 316 g/mol. The summed E-state index contributed by atoms with van der Waals surface area (Å²) in [5.74, 6) is 0. The Morgan fingerprint density at radius 2 is 1.14 bits per heavy atom. The van der Waals surface area contributed by atoms with Crippen molar-refractivity contribution >= 4 is 28.7 Å². The molecule has 116 valence electrons. The fraction of sp³-hybridized carbons (Fsp3) is 0.235. The van der Waals surface area contributed by atoms with Crippen LogP contribution in [0.4, 0.5) is 11.4 Å². The Balaban J connectivity index is 2.30. The lowest BCUT2D eigenvalue weighted by Crippen LogP contribution is -2.43. The molecular formula is C17H20N2O2S. The Kier molecular flexibility index (Phi) is 6.33. The highest BCUT2D eigenvalue weighted by Crippen LogP contribution is 2.21. The number of thiocarbonyl (C=S) groups is 1. The van der Waals surface area contributed by atoms with Crippen LogP contribution in [0.15, 0.2) is 60.7 Å². The van der Waals surface area contributed by atoms with Crippen molar-refractivity contribution in [3.63, 3.8) is 0 Å². The van der Waals surface area contributed by atoms with E-state index in [1.807, 2.05) is 74.5 Å². The third-order valence-corrected chi connectivity index (χ3v) is 3.18. The lowest BCUT2D eigenvalue weighted by Gasteiger charge is -2.31. The van der Waals surface area contributed by atoms with Crippen molar-refractivity contribution in [3.8, 4) is 0 Å². The molecule has 0 radical (unpaired) electrons. The molecule has 0 aliphatic carbocycles. The summed E-state index contributed by atoms with van der Waals surface area (Å²) in [7, 11) is 0. The Hall–Kier alpha value is -1.95. The van der Waals surface area contributed by atoms with Crippen LogP contribution in [-0.2, 0) is 9.68 Å². The molecule has 0 aliphatic heterocycles. The van der Waals surface area contributed by atoms with E-state index in [1.165, 1.54) is 0 Å². The maximum Gasteiger partial charge on any atom is 0.229 e.